The molecule has 1 rings (SSSR count). The summed E-state index contributed by atoms with van der Waals surface area (Å²) in [4.78, 5) is 108. The van der Waals surface area contributed by atoms with Crippen LogP contribution in [0.2, 0.25) is 0 Å². The second-order valence-corrected chi connectivity index (χ2v) is 16.9. The van der Waals surface area contributed by atoms with Crippen molar-refractivity contribution in [3.05, 3.63) is 0 Å². The van der Waals surface area contributed by atoms with Gasteiger partial charge in [-0.2, -0.15) is 0 Å². The number of amides is 4. The Bertz CT molecular complexity index is 1400. The number of carboxylic acids is 4. The van der Waals surface area contributed by atoms with Crippen molar-refractivity contribution in [3.63, 3.8) is 0 Å². The Morgan fingerprint density at radius 1 is 0.459 bits per heavy atom. The van der Waals surface area contributed by atoms with E-state index in [2.05, 4.69) is 21.3 Å². The molecule has 61 heavy (non-hydrogen) atoms. The first-order valence-corrected chi connectivity index (χ1v) is 22.6. The molecule has 0 aromatic heterocycles. The van der Waals surface area contributed by atoms with Crippen molar-refractivity contribution < 1.29 is 63.6 Å². The molecule has 8 N–H and O–H groups in total. The van der Waals surface area contributed by atoms with Crippen LogP contribution in [-0.2, 0) is 43.2 Å². The summed E-state index contributed by atoms with van der Waals surface area (Å²) in [6.07, 6.45) is 17.1. The van der Waals surface area contributed by atoms with E-state index in [4.69, 9.17) is 5.11 Å². The summed E-state index contributed by atoms with van der Waals surface area (Å²) in [6.45, 7) is 3.86. The Labute approximate surface area is 360 Å². The highest BCUT2D eigenvalue weighted by atomic mass is 16.4. The average molecular weight is 867 g/mol. The van der Waals surface area contributed by atoms with Crippen molar-refractivity contribution in [3.8, 4) is 0 Å². The largest absolute Gasteiger partial charge is 0.481 e. The predicted molar refractivity (Wildman–Crippen MR) is 226 cm³/mol. The molecule has 1 aliphatic carbocycles. The van der Waals surface area contributed by atoms with Gasteiger partial charge in [0.2, 0.25) is 23.6 Å². The third-order valence-corrected chi connectivity index (χ3v) is 11.4. The molecule has 17 nitrogen and oxygen atoms in total. The van der Waals surface area contributed by atoms with Gasteiger partial charge in [0.1, 0.15) is 23.9 Å². The fourth-order valence-electron chi connectivity index (χ4n) is 7.38. The molecule has 0 radical (unpaired) electrons. The molecule has 1 saturated carbocycles. The molecule has 0 bridgehead atoms. The lowest BCUT2D eigenvalue weighted by molar-refractivity contribution is -0.144. The molecule has 1 fully saturated rings. The Morgan fingerprint density at radius 3 is 1.23 bits per heavy atom. The van der Waals surface area contributed by atoms with E-state index in [0.717, 1.165) is 38.5 Å². The molecule has 3 atom stereocenters. The normalized spacial score (nSPS) is 16.4. The van der Waals surface area contributed by atoms with Crippen LogP contribution in [-0.4, -0.2) is 98.4 Å². The van der Waals surface area contributed by atoms with Crippen LogP contribution in [0, 0.1) is 17.8 Å². The van der Waals surface area contributed by atoms with E-state index in [9.17, 15) is 58.5 Å². The van der Waals surface area contributed by atoms with Crippen LogP contribution in [0.4, 0.5) is 0 Å². The molecule has 0 spiro atoms. The maximum absolute atomic E-state index is 13.0. The lowest BCUT2D eigenvalue weighted by Gasteiger charge is -2.28. The Hall–Kier alpha value is -4.57. The van der Waals surface area contributed by atoms with E-state index in [-0.39, 0.29) is 55.6 Å². The van der Waals surface area contributed by atoms with Gasteiger partial charge < -0.3 is 41.7 Å². The number of ketones is 1. The van der Waals surface area contributed by atoms with Gasteiger partial charge in [-0.05, 0) is 63.7 Å². The van der Waals surface area contributed by atoms with Crippen molar-refractivity contribution in [1.29, 1.82) is 0 Å². The van der Waals surface area contributed by atoms with Gasteiger partial charge in [0.05, 0.1) is 0 Å². The number of carbonyl (C=O) groups is 9. The monoisotopic (exact) mass is 867 g/mol. The molecular weight excluding hydrogens is 792 g/mol. The Balaban J connectivity index is 2.27. The number of nitrogens with one attached hydrogen (secondary N) is 4. The summed E-state index contributed by atoms with van der Waals surface area (Å²) in [6, 6.07) is -4.26. The third kappa shape index (κ3) is 27.1. The fraction of sp³-hybridized carbons (Fsp3) is 0.795. The van der Waals surface area contributed by atoms with Gasteiger partial charge in [-0.3, -0.25) is 28.8 Å². The van der Waals surface area contributed by atoms with Gasteiger partial charge in [-0.25, -0.2) is 14.4 Å². The highest BCUT2D eigenvalue weighted by Gasteiger charge is 2.31. The molecule has 0 aromatic rings. The van der Waals surface area contributed by atoms with E-state index < -0.39 is 78.5 Å². The maximum atomic E-state index is 13.0. The van der Waals surface area contributed by atoms with Crippen LogP contribution in [0.5, 0.6) is 0 Å². The van der Waals surface area contributed by atoms with Crippen LogP contribution < -0.4 is 21.3 Å². The van der Waals surface area contributed by atoms with Crippen LogP contribution in [0.25, 0.3) is 0 Å². The lowest BCUT2D eigenvalue weighted by atomic mass is 9.81. The summed E-state index contributed by atoms with van der Waals surface area (Å²) >= 11 is 0. The van der Waals surface area contributed by atoms with Crippen LogP contribution >= 0.6 is 0 Å². The third-order valence-electron chi connectivity index (χ3n) is 11.4. The van der Waals surface area contributed by atoms with Gasteiger partial charge in [0.15, 0.2) is 0 Å². The summed E-state index contributed by atoms with van der Waals surface area (Å²) < 4.78 is 0. The minimum absolute atomic E-state index is 0.0201. The first kappa shape index (κ1) is 54.4. The van der Waals surface area contributed by atoms with Gasteiger partial charge in [-0.15, -0.1) is 0 Å². The molecule has 0 unspecified atom stereocenters. The standard InChI is InChI=1S/C44H74N4O13/c1-30(2)36(49)26-23-33(42(56)57)46-38(51)27-24-34(43(58)59)47-39(52)28-25-35(44(60)61)48-41(55)32-21-19-31(20-22-32)29-45-37(50)17-15-13-11-9-7-5-3-4-6-8-10-12-14-16-18-40(53)54/h30-35H,3-29H2,1-2H3,(H,45,50)(H,46,51)(H,47,52)(H,48,55)(H,53,54)(H,56,57)(H,58,59)(H,60,61)/t31-,32-,33-,34-,35-/m0/s1. The number of Topliss-reactive ketones (excluding diaryl/α,β-unsaturated/α-hetero) is 1. The topological polar surface area (TPSA) is 283 Å². The highest BCUT2D eigenvalue weighted by molar-refractivity contribution is 5.88. The van der Waals surface area contributed by atoms with Crippen LogP contribution in [0.1, 0.15) is 181 Å². The second kappa shape index (κ2) is 32.2. The minimum Gasteiger partial charge on any atom is -0.481 e. The maximum Gasteiger partial charge on any atom is 0.326 e. The second-order valence-electron chi connectivity index (χ2n) is 16.9. The van der Waals surface area contributed by atoms with Crippen molar-refractivity contribution in [2.24, 2.45) is 17.8 Å². The summed E-state index contributed by atoms with van der Waals surface area (Å²) in [5.41, 5.74) is 0. The lowest BCUT2D eigenvalue weighted by Crippen LogP contribution is -2.46. The first-order valence-electron chi connectivity index (χ1n) is 22.6. The van der Waals surface area contributed by atoms with Gasteiger partial charge >= 0.3 is 23.9 Å². The van der Waals surface area contributed by atoms with Gasteiger partial charge in [-0.1, -0.05) is 90.9 Å². The molecule has 0 aliphatic heterocycles. The zero-order valence-corrected chi connectivity index (χ0v) is 36.5. The number of hydrogen-bond donors (Lipinski definition) is 8. The molecule has 0 heterocycles. The SMILES string of the molecule is CC(C)C(=O)CC[C@H](NC(=O)CC[C@H](NC(=O)CC[C@H](NC(=O)[C@H]1CC[C@H](CNC(=O)CCCCCCCCCCCCCCCCC(=O)O)CC1)C(=O)O)C(=O)O)C(=O)O. The average Bonchev–Trinajstić information content (AvgIpc) is 3.20. The van der Waals surface area contributed by atoms with E-state index in [1.807, 2.05) is 0 Å². The molecule has 17 heteroatoms. The van der Waals surface area contributed by atoms with Crippen LogP contribution in [0.15, 0.2) is 0 Å². The number of aliphatic carboxylic acids is 4. The number of hydrogen-bond acceptors (Lipinski definition) is 9. The molecule has 0 aromatic carbocycles. The minimum atomic E-state index is -1.52. The van der Waals surface area contributed by atoms with Gasteiger partial charge in [0.25, 0.3) is 0 Å². The summed E-state index contributed by atoms with van der Waals surface area (Å²) in [7, 11) is 0. The van der Waals surface area contributed by atoms with E-state index in [1.54, 1.807) is 13.8 Å². The number of unbranched alkanes of at least 4 members (excludes halogenated alkanes) is 13. The number of carbonyl (C=O) groups excluding carboxylic acids is 5. The highest BCUT2D eigenvalue weighted by Crippen LogP contribution is 2.29. The molecule has 348 valence electrons. The molecular formula is C44H74N4O13. The molecule has 1 aliphatic rings. The number of rotatable bonds is 36. The number of carboxylic acid groups (broad SMARTS) is 4. The zero-order chi connectivity index (χ0) is 45.6. The molecule has 4 amide bonds. The van der Waals surface area contributed by atoms with Gasteiger partial charge in [0, 0.05) is 50.5 Å². The Morgan fingerprint density at radius 2 is 0.836 bits per heavy atom. The van der Waals surface area contributed by atoms with Crippen molar-refractivity contribution in [2.75, 3.05) is 6.54 Å². The van der Waals surface area contributed by atoms with E-state index in [1.165, 1.54) is 51.4 Å². The zero-order valence-electron chi connectivity index (χ0n) is 36.5. The smallest absolute Gasteiger partial charge is 0.326 e. The van der Waals surface area contributed by atoms with E-state index in [0.29, 0.717) is 38.6 Å². The van der Waals surface area contributed by atoms with Crippen LogP contribution in [0.3, 0.4) is 0 Å². The van der Waals surface area contributed by atoms with Crippen molar-refractivity contribution in [2.45, 2.75) is 199 Å². The van der Waals surface area contributed by atoms with Crippen molar-refractivity contribution in [1.82, 2.24) is 21.3 Å². The fourth-order valence-corrected chi connectivity index (χ4v) is 7.38. The first-order chi connectivity index (χ1) is 29.0. The van der Waals surface area contributed by atoms with E-state index >= 15 is 0 Å². The van der Waals surface area contributed by atoms with Crippen molar-refractivity contribution >= 4 is 53.3 Å². The summed E-state index contributed by atoms with van der Waals surface area (Å²) in [5, 5.41) is 47.4. The Kier molecular flexibility index (Phi) is 28.7. The molecule has 0 saturated heterocycles. The predicted octanol–water partition coefficient (Wildman–Crippen LogP) is 5.51. The quantitative estimate of drug-likeness (QED) is 0.0361. The summed E-state index contributed by atoms with van der Waals surface area (Å²) in [5.74, 6) is -7.55.